The predicted molar refractivity (Wildman–Crippen MR) is 82.9 cm³/mol. The van der Waals surface area contributed by atoms with Crippen molar-refractivity contribution in [2.45, 2.75) is 6.54 Å². The number of anilines is 1. The topological polar surface area (TPSA) is 25.2 Å². The zero-order valence-electron chi connectivity index (χ0n) is 11.1. The average molecular weight is 302 g/mol. The van der Waals surface area contributed by atoms with Crippen LogP contribution in [0.15, 0.2) is 65.1 Å². The van der Waals surface area contributed by atoms with E-state index in [1.807, 2.05) is 42.5 Å². The fraction of sp³-hybridized carbons (Fsp3) is 0.0588. The van der Waals surface area contributed by atoms with Crippen LogP contribution in [-0.4, -0.2) is 0 Å². The van der Waals surface area contributed by atoms with E-state index in [9.17, 15) is 4.39 Å². The Morgan fingerprint density at radius 3 is 2.57 bits per heavy atom. The number of benzene rings is 2. The highest BCUT2D eigenvalue weighted by atomic mass is 35.5. The molecule has 0 amide bonds. The second kappa shape index (κ2) is 6.02. The molecule has 0 radical (unpaired) electrons. The third kappa shape index (κ3) is 3.26. The summed E-state index contributed by atoms with van der Waals surface area (Å²) < 4.78 is 18.9. The lowest BCUT2D eigenvalue weighted by atomic mass is 10.2. The largest absolute Gasteiger partial charge is 0.459 e. The molecule has 0 aliphatic carbocycles. The first-order chi connectivity index (χ1) is 10.2. The van der Waals surface area contributed by atoms with E-state index in [0.29, 0.717) is 12.3 Å². The summed E-state index contributed by atoms with van der Waals surface area (Å²) in [5.74, 6) is 1.04. The van der Waals surface area contributed by atoms with Crippen molar-refractivity contribution in [2.75, 3.05) is 5.32 Å². The van der Waals surface area contributed by atoms with Crippen LogP contribution >= 0.6 is 11.6 Å². The average Bonchev–Trinajstić information content (AvgIpc) is 2.98. The van der Waals surface area contributed by atoms with Crippen LogP contribution in [-0.2, 0) is 6.54 Å². The molecule has 0 bridgehead atoms. The molecule has 106 valence electrons. The van der Waals surface area contributed by atoms with Crippen LogP contribution in [0.4, 0.5) is 10.1 Å². The normalized spacial score (nSPS) is 10.6. The Balaban J connectivity index is 1.72. The maximum Gasteiger partial charge on any atom is 0.141 e. The lowest BCUT2D eigenvalue weighted by molar-refractivity contribution is 0.531. The van der Waals surface area contributed by atoms with Gasteiger partial charge in [-0.3, -0.25) is 0 Å². The second-order valence-electron chi connectivity index (χ2n) is 4.61. The minimum Gasteiger partial charge on any atom is -0.459 e. The van der Waals surface area contributed by atoms with Crippen molar-refractivity contribution in [1.29, 1.82) is 0 Å². The molecular weight excluding hydrogens is 289 g/mol. The molecule has 2 aromatic carbocycles. The van der Waals surface area contributed by atoms with Crippen LogP contribution in [0, 0.1) is 5.82 Å². The summed E-state index contributed by atoms with van der Waals surface area (Å²) in [5, 5.41) is 3.36. The lowest BCUT2D eigenvalue weighted by Crippen LogP contribution is -1.97. The van der Waals surface area contributed by atoms with Crippen molar-refractivity contribution in [3.05, 3.63) is 77.3 Å². The van der Waals surface area contributed by atoms with Gasteiger partial charge in [-0.15, -0.1) is 0 Å². The first-order valence-electron chi connectivity index (χ1n) is 6.55. The zero-order chi connectivity index (χ0) is 14.7. The molecule has 0 spiro atoms. The fourth-order valence-corrected chi connectivity index (χ4v) is 2.20. The third-order valence-corrected chi connectivity index (χ3v) is 3.40. The maximum atomic E-state index is 13.2. The van der Waals surface area contributed by atoms with Crippen LogP contribution in [0.3, 0.4) is 0 Å². The smallest absolute Gasteiger partial charge is 0.141 e. The van der Waals surface area contributed by atoms with Gasteiger partial charge in [0.1, 0.15) is 17.3 Å². The van der Waals surface area contributed by atoms with Gasteiger partial charge in [0.05, 0.1) is 11.6 Å². The fourth-order valence-electron chi connectivity index (χ4n) is 2.02. The summed E-state index contributed by atoms with van der Waals surface area (Å²) in [6.07, 6.45) is 0. The molecule has 4 heteroatoms. The number of rotatable bonds is 4. The number of furan rings is 1. The molecule has 0 aliphatic rings. The number of hydrogen-bond donors (Lipinski definition) is 1. The van der Waals surface area contributed by atoms with Gasteiger partial charge in [-0.25, -0.2) is 4.39 Å². The molecule has 21 heavy (non-hydrogen) atoms. The van der Waals surface area contributed by atoms with Crippen molar-refractivity contribution in [3.8, 4) is 11.3 Å². The van der Waals surface area contributed by atoms with Gasteiger partial charge < -0.3 is 9.73 Å². The highest BCUT2D eigenvalue weighted by Crippen LogP contribution is 2.26. The van der Waals surface area contributed by atoms with E-state index in [-0.39, 0.29) is 5.02 Å². The minimum atomic E-state index is -0.432. The van der Waals surface area contributed by atoms with Gasteiger partial charge in [-0.1, -0.05) is 29.8 Å². The summed E-state index contributed by atoms with van der Waals surface area (Å²) in [7, 11) is 0. The quantitative estimate of drug-likeness (QED) is 0.702. The first kappa shape index (κ1) is 13.7. The molecular formula is C17H13ClFNO. The molecule has 1 N–H and O–H groups in total. The zero-order valence-corrected chi connectivity index (χ0v) is 11.9. The second-order valence-corrected chi connectivity index (χ2v) is 5.02. The molecule has 0 saturated heterocycles. The van der Waals surface area contributed by atoms with Crippen molar-refractivity contribution in [3.63, 3.8) is 0 Å². The summed E-state index contributed by atoms with van der Waals surface area (Å²) in [6.45, 7) is 0.582. The lowest BCUT2D eigenvalue weighted by Gasteiger charge is -2.03. The Bertz CT molecular complexity index is 740. The van der Waals surface area contributed by atoms with Gasteiger partial charge in [0, 0.05) is 11.3 Å². The molecule has 0 saturated carbocycles. The number of para-hydroxylation sites is 1. The summed E-state index contributed by atoms with van der Waals surface area (Å²) in [6, 6.07) is 18.2. The van der Waals surface area contributed by atoms with Crippen LogP contribution < -0.4 is 5.32 Å². The van der Waals surface area contributed by atoms with E-state index in [1.165, 1.54) is 6.07 Å². The highest BCUT2D eigenvalue weighted by Gasteiger charge is 2.07. The number of hydrogen-bond acceptors (Lipinski definition) is 2. The van der Waals surface area contributed by atoms with Crippen molar-refractivity contribution in [1.82, 2.24) is 0 Å². The van der Waals surface area contributed by atoms with Crippen LogP contribution in [0.2, 0.25) is 5.02 Å². The molecule has 0 atom stereocenters. The molecule has 0 aliphatic heterocycles. The summed E-state index contributed by atoms with van der Waals surface area (Å²) in [4.78, 5) is 0. The van der Waals surface area contributed by atoms with Gasteiger partial charge in [0.25, 0.3) is 0 Å². The SMILES string of the molecule is Fc1ccc(-c2ccc(CNc3ccccc3)o2)cc1Cl. The number of halogens is 2. The van der Waals surface area contributed by atoms with E-state index in [0.717, 1.165) is 17.0 Å². The van der Waals surface area contributed by atoms with E-state index in [2.05, 4.69) is 5.32 Å². The summed E-state index contributed by atoms with van der Waals surface area (Å²) >= 11 is 5.78. The van der Waals surface area contributed by atoms with Crippen molar-refractivity contribution < 1.29 is 8.81 Å². The standard InChI is InChI=1S/C17H13ClFNO/c18-15-10-12(6-8-16(15)19)17-9-7-14(21-17)11-20-13-4-2-1-3-5-13/h1-10,20H,11H2. The number of nitrogens with one attached hydrogen (secondary N) is 1. The van der Waals surface area contributed by atoms with Gasteiger partial charge >= 0.3 is 0 Å². The third-order valence-electron chi connectivity index (χ3n) is 3.11. The van der Waals surface area contributed by atoms with E-state index < -0.39 is 5.82 Å². The van der Waals surface area contributed by atoms with Crippen LogP contribution in [0.25, 0.3) is 11.3 Å². The Morgan fingerprint density at radius 1 is 1.00 bits per heavy atom. The Labute approximate surface area is 127 Å². The molecule has 1 aromatic heterocycles. The van der Waals surface area contributed by atoms with Gasteiger partial charge in [-0.2, -0.15) is 0 Å². The Hall–Kier alpha value is -2.26. The first-order valence-corrected chi connectivity index (χ1v) is 6.93. The molecule has 0 fully saturated rings. The highest BCUT2D eigenvalue weighted by molar-refractivity contribution is 6.31. The van der Waals surface area contributed by atoms with Gasteiger partial charge in [0.2, 0.25) is 0 Å². The van der Waals surface area contributed by atoms with Crippen LogP contribution in [0.5, 0.6) is 0 Å². The van der Waals surface area contributed by atoms with E-state index in [1.54, 1.807) is 12.1 Å². The monoisotopic (exact) mass is 301 g/mol. The van der Waals surface area contributed by atoms with E-state index >= 15 is 0 Å². The molecule has 1 heterocycles. The minimum absolute atomic E-state index is 0.0906. The maximum absolute atomic E-state index is 13.2. The molecule has 0 unspecified atom stereocenters. The molecule has 3 aromatic rings. The van der Waals surface area contributed by atoms with Gasteiger partial charge in [0.15, 0.2) is 0 Å². The Morgan fingerprint density at radius 2 is 1.81 bits per heavy atom. The predicted octanol–water partition coefficient (Wildman–Crippen LogP) is 5.35. The van der Waals surface area contributed by atoms with E-state index in [4.69, 9.17) is 16.0 Å². The van der Waals surface area contributed by atoms with Crippen molar-refractivity contribution >= 4 is 17.3 Å². The van der Waals surface area contributed by atoms with Gasteiger partial charge in [-0.05, 0) is 42.5 Å². The molecule has 2 nitrogen and oxygen atoms in total. The molecule has 3 rings (SSSR count). The van der Waals surface area contributed by atoms with Crippen LogP contribution in [0.1, 0.15) is 5.76 Å². The Kier molecular flexibility index (Phi) is 3.93. The van der Waals surface area contributed by atoms with Crippen molar-refractivity contribution in [2.24, 2.45) is 0 Å². The summed E-state index contributed by atoms with van der Waals surface area (Å²) in [5.41, 5.74) is 1.78.